The molecule has 3 aromatic rings. The number of benzene rings is 3. The Labute approximate surface area is 196 Å². The standard InChI is InChI=1S/C25H24N4O3S/c30-23(18-7-3-1-4-8-18)28-25(32)27-21-17-19(24(31)29-15-13-26-14-16-29)11-12-22(21)33-20-9-5-2-6-10-20/h1-12,17,26H,13-16H2,(H2,27,28,30,32). The number of hydrogen-bond acceptors (Lipinski definition) is 5. The SMILES string of the molecule is O=C(NC(=O)c1ccccc1)Nc1cc(C(=O)N2CCNCC2)ccc1Sc1ccccc1. The fraction of sp³-hybridized carbons (Fsp3) is 0.160. The molecule has 1 aliphatic heterocycles. The minimum Gasteiger partial charge on any atom is -0.336 e. The number of amides is 4. The van der Waals surface area contributed by atoms with Crippen LogP contribution in [0.2, 0.25) is 0 Å². The van der Waals surface area contributed by atoms with Crippen molar-refractivity contribution in [3.8, 4) is 0 Å². The summed E-state index contributed by atoms with van der Waals surface area (Å²) < 4.78 is 0. The number of nitrogens with zero attached hydrogens (tertiary/aromatic N) is 1. The van der Waals surface area contributed by atoms with E-state index in [1.165, 1.54) is 11.8 Å². The molecule has 4 amide bonds. The Hall–Kier alpha value is -3.62. The third-order valence-corrected chi connectivity index (χ3v) is 6.20. The predicted molar refractivity (Wildman–Crippen MR) is 129 cm³/mol. The molecular formula is C25H24N4O3S. The molecule has 0 atom stereocenters. The summed E-state index contributed by atoms with van der Waals surface area (Å²) in [4.78, 5) is 41.5. The van der Waals surface area contributed by atoms with Crippen LogP contribution in [-0.4, -0.2) is 48.9 Å². The topological polar surface area (TPSA) is 90.5 Å². The van der Waals surface area contributed by atoms with Gasteiger partial charge >= 0.3 is 6.03 Å². The van der Waals surface area contributed by atoms with Gasteiger partial charge in [0.25, 0.3) is 11.8 Å². The van der Waals surface area contributed by atoms with Gasteiger partial charge in [0.1, 0.15) is 0 Å². The van der Waals surface area contributed by atoms with E-state index in [1.807, 2.05) is 36.4 Å². The number of urea groups is 1. The Bertz CT molecular complexity index is 1130. The van der Waals surface area contributed by atoms with Gasteiger partial charge in [-0.2, -0.15) is 0 Å². The molecule has 0 unspecified atom stereocenters. The number of carbonyl (C=O) groups excluding carboxylic acids is 3. The van der Waals surface area contributed by atoms with Gasteiger partial charge in [0.05, 0.1) is 5.69 Å². The van der Waals surface area contributed by atoms with Crippen LogP contribution in [0.1, 0.15) is 20.7 Å². The summed E-state index contributed by atoms with van der Waals surface area (Å²) in [5, 5.41) is 8.33. The molecular weight excluding hydrogens is 436 g/mol. The van der Waals surface area contributed by atoms with E-state index >= 15 is 0 Å². The van der Waals surface area contributed by atoms with Crippen molar-refractivity contribution < 1.29 is 14.4 Å². The van der Waals surface area contributed by atoms with Crippen LogP contribution in [0, 0.1) is 0 Å². The van der Waals surface area contributed by atoms with Crippen molar-refractivity contribution in [3.05, 3.63) is 90.0 Å². The summed E-state index contributed by atoms with van der Waals surface area (Å²) >= 11 is 1.47. The second kappa shape index (κ2) is 10.8. The summed E-state index contributed by atoms with van der Waals surface area (Å²) in [6.07, 6.45) is 0. The van der Waals surface area contributed by atoms with Crippen LogP contribution < -0.4 is 16.0 Å². The van der Waals surface area contributed by atoms with Crippen molar-refractivity contribution in [1.29, 1.82) is 0 Å². The number of anilines is 1. The minimum atomic E-state index is -0.662. The van der Waals surface area contributed by atoms with E-state index in [9.17, 15) is 14.4 Å². The van der Waals surface area contributed by atoms with Crippen molar-refractivity contribution in [2.24, 2.45) is 0 Å². The second-order valence-corrected chi connectivity index (χ2v) is 8.56. The van der Waals surface area contributed by atoms with Crippen molar-refractivity contribution in [3.63, 3.8) is 0 Å². The van der Waals surface area contributed by atoms with Crippen LogP contribution >= 0.6 is 11.8 Å². The monoisotopic (exact) mass is 460 g/mol. The van der Waals surface area contributed by atoms with Gasteiger partial charge in [-0.3, -0.25) is 14.9 Å². The maximum absolute atomic E-state index is 13.0. The van der Waals surface area contributed by atoms with E-state index in [0.29, 0.717) is 29.9 Å². The maximum atomic E-state index is 13.0. The van der Waals surface area contributed by atoms with Crippen molar-refractivity contribution in [1.82, 2.24) is 15.5 Å². The molecule has 8 heteroatoms. The molecule has 0 aliphatic carbocycles. The van der Waals surface area contributed by atoms with Crippen LogP contribution in [0.4, 0.5) is 10.5 Å². The van der Waals surface area contributed by atoms with E-state index in [1.54, 1.807) is 47.4 Å². The van der Waals surface area contributed by atoms with Gasteiger partial charge in [0, 0.05) is 47.1 Å². The Kier molecular flexibility index (Phi) is 7.39. The van der Waals surface area contributed by atoms with Gasteiger partial charge < -0.3 is 15.5 Å². The zero-order valence-electron chi connectivity index (χ0n) is 17.9. The lowest BCUT2D eigenvalue weighted by molar-refractivity contribution is 0.0735. The summed E-state index contributed by atoms with van der Waals surface area (Å²) in [6, 6.07) is 22.8. The fourth-order valence-electron chi connectivity index (χ4n) is 3.43. The molecule has 1 heterocycles. The van der Waals surface area contributed by atoms with E-state index in [4.69, 9.17) is 0 Å². The normalized spacial score (nSPS) is 13.3. The molecule has 1 saturated heterocycles. The van der Waals surface area contributed by atoms with Gasteiger partial charge in [0.15, 0.2) is 0 Å². The van der Waals surface area contributed by atoms with Crippen LogP contribution in [0.25, 0.3) is 0 Å². The number of piperazine rings is 1. The summed E-state index contributed by atoms with van der Waals surface area (Å²) in [5.41, 5.74) is 1.33. The third-order valence-electron chi connectivity index (χ3n) is 5.11. The van der Waals surface area contributed by atoms with Crippen molar-refractivity contribution in [2.75, 3.05) is 31.5 Å². The first-order chi connectivity index (χ1) is 16.1. The van der Waals surface area contributed by atoms with Gasteiger partial charge in [-0.15, -0.1) is 0 Å². The number of hydrogen-bond donors (Lipinski definition) is 3. The molecule has 1 aliphatic rings. The van der Waals surface area contributed by atoms with Crippen LogP contribution in [-0.2, 0) is 0 Å². The highest BCUT2D eigenvalue weighted by atomic mass is 32.2. The summed E-state index contributed by atoms with van der Waals surface area (Å²) in [7, 11) is 0. The van der Waals surface area contributed by atoms with Gasteiger partial charge in [0.2, 0.25) is 0 Å². The average Bonchev–Trinajstić information content (AvgIpc) is 2.86. The van der Waals surface area contributed by atoms with Crippen LogP contribution in [0.15, 0.2) is 88.7 Å². The third kappa shape index (κ3) is 6.00. The molecule has 4 rings (SSSR count). The molecule has 0 spiro atoms. The Morgan fingerprint density at radius 2 is 1.48 bits per heavy atom. The first-order valence-corrected chi connectivity index (χ1v) is 11.5. The van der Waals surface area contributed by atoms with E-state index < -0.39 is 11.9 Å². The molecule has 7 nitrogen and oxygen atoms in total. The number of rotatable bonds is 5. The van der Waals surface area contributed by atoms with Gasteiger partial charge in [-0.05, 0) is 42.5 Å². The van der Waals surface area contributed by atoms with E-state index in [-0.39, 0.29) is 5.91 Å². The Balaban J connectivity index is 1.56. The summed E-state index contributed by atoms with van der Waals surface area (Å²) in [6.45, 7) is 2.77. The lowest BCUT2D eigenvalue weighted by Crippen LogP contribution is -2.46. The highest BCUT2D eigenvalue weighted by Gasteiger charge is 2.20. The Morgan fingerprint density at radius 1 is 0.818 bits per heavy atom. The van der Waals surface area contributed by atoms with Crippen molar-refractivity contribution in [2.45, 2.75) is 9.79 Å². The number of nitrogens with one attached hydrogen (secondary N) is 3. The highest BCUT2D eigenvalue weighted by molar-refractivity contribution is 7.99. The number of carbonyl (C=O) groups is 3. The Morgan fingerprint density at radius 3 is 2.18 bits per heavy atom. The molecule has 0 aromatic heterocycles. The minimum absolute atomic E-state index is 0.0865. The number of imide groups is 1. The maximum Gasteiger partial charge on any atom is 0.326 e. The first-order valence-electron chi connectivity index (χ1n) is 10.6. The lowest BCUT2D eigenvalue weighted by Gasteiger charge is -2.27. The molecule has 3 N–H and O–H groups in total. The van der Waals surface area contributed by atoms with Crippen LogP contribution in [0.5, 0.6) is 0 Å². The second-order valence-electron chi connectivity index (χ2n) is 7.44. The van der Waals surface area contributed by atoms with Crippen molar-refractivity contribution >= 4 is 35.3 Å². The van der Waals surface area contributed by atoms with Gasteiger partial charge in [-0.1, -0.05) is 48.2 Å². The molecule has 0 radical (unpaired) electrons. The molecule has 0 bridgehead atoms. The molecule has 1 fully saturated rings. The fourth-order valence-corrected chi connectivity index (χ4v) is 4.34. The molecule has 168 valence electrons. The molecule has 33 heavy (non-hydrogen) atoms. The molecule has 0 saturated carbocycles. The smallest absolute Gasteiger partial charge is 0.326 e. The highest BCUT2D eigenvalue weighted by Crippen LogP contribution is 2.34. The van der Waals surface area contributed by atoms with Crippen LogP contribution in [0.3, 0.4) is 0 Å². The van der Waals surface area contributed by atoms with E-state index in [2.05, 4.69) is 16.0 Å². The zero-order valence-corrected chi connectivity index (χ0v) is 18.7. The zero-order chi connectivity index (χ0) is 23.0. The largest absolute Gasteiger partial charge is 0.336 e. The lowest BCUT2D eigenvalue weighted by atomic mass is 10.1. The first kappa shape index (κ1) is 22.6. The van der Waals surface area contributed by atoms with Gasteiger partial charge in [-0.25, -0.2) is 4.79 Å². The average molecular weight is 461 g/mol. The van der Waals surface area contributed by atoms with E-state index in [0.717, 1.165) is 22.9 Å². The quantitative estimate of drug-likeness (QED) is 0.538. The molecule has 3 aromatic carbocycles. The summed E-state index contributed by atoms with van der Waals surface area (Å²) in [5.74, 6) is -0.588. The predicted octanol–water partition coefficient (Wildman–Crippen LogP) is 3.85.